The summed E-state index contributed by atoms with van der Waals surface area (Å²) in [5, 5.41) is 9.93. The number of pyridine rings is 1. The SMILES string of the molecule is COc1ccc([C@@H]2CC(=O)C3=C(C2)Nc2[nH][nH]c(=O)c2[C@@H]3c2ccnc3ccccc23)cc1OC. The van der Waals surface area contributed by atoms with E-state index in [0.29, 0.717) is 41.3 Å². The van der Waals surface area contributed by atoms with Crippen LogP contribution in [0.25, 0.3) is 10.9 Å². The van der Waals surface area contributed by atoms with Gasteiger partial charge in [-0.1, -0.05) is 24.3 Å². The summed E-state index contributed by atoms with van der Waals surface area (Å²) >= 11 is 0. The van der Waals surface area contributed by atoms with E-state index in [1.54, 1.807) is 20.4 Å². The second-order valence-corrected chi connectivity index (χ2v) is 8.88. The van der Waals surface area contributed by atoms with E-state index in [9.17, 15) is 9.59 Å². The molecule has 0 radical (unpaired) electrons. The van der Waals surface area contributed by atoms with Gasteiger partial charge in [0, 0.05) is 35.2 Å². The second-order valence-electron chi connectivity index (χ2n) is 8.88. The number of fused-ring (bicyclic) bond motifs is 2. The third-order valence-corrected chi connectivity index (χ3v) is 7.05. The number of ketones is 1. The number of nitrogens with one attached hydrogen (secondary N) is 3. The molecule has 2 aromatic heterocycles. The van der Waals surface area contributed by atoms with Crippen LogP contribution in [-0.2, 0) is 4.79 Å². The van der Waals surface area contributed by atoms with Crippen molar-refractivity contribution in [3.05, 3.63) is 93.0 Å². The van der Waals surface area contributed by atoms with Gasteiger partial charge in [0.25, 0.3) is 5.56 Å². The van der Waals surface area contributed by atoms with Crippen molar-refractivity contribution in [2.45, 2.75) is 24.7 Å². The largest absolute Gasteiger partial charge is 0.493 e. The second kappa shape index (κ2) is 8.16. The van der Waals surface area contributed by atoms with Gasteiger partial charge in [-0.3, -0.25) is 24.8 Å². The summed E-state index contributed by atoms with van der Waals surface area (Å²) < 4.78 is 10.8. The molecule has 4 aromatic rings. The summed E-state index contributed by atoms with van der Waals surface area (Å²) in [6.45, 7) is 0. The first-order valence-corrected chi connectivity index (χ1v) is 11.5. The number of anilines is 1. The summed E-state index contributed by atoms with van der Waals surface area (Å²) in [7, 11) is 3.20. The Morgan fingerprint density at radius 3 is 2.60 bits per heavy atom. The quantitative estimate of drug-likeness (QED) is 0.414. The fourth-order valence-electron chi connectivity index (χ4n) is 5.44. The van der Waals surface area contributed by atoms with Crippen molar-refractivity contribution in [3.8, 4) is 11.5 Å². The number of allylic oxidation sites excluding steroid dienone is 2. The van der Waals surface area contributed by atoms with E-state index in [2.05, 4.69) is 20.5 Å². The Labute approximate surface area is 201 Å². The van der Waals surface area contributed by atoms with Crippen LogP contribution in [0, 0.1) is 0 Å². The van der Waals surface area contributed by atoms with Crippen molar-refractivity contribution in [3.63, 3.8) is 0 Å². The first-order chi connectivity index (χ1) is 17.1. The average molecular weight is 469 g/mol. The van der Waals surface area contributed by atoms with E-state index in [1.165, 1.54) is 0 Å². The molecule has 2 aliphatic rings. The standard InChI is InChI=1S/C27H24N4O4/c1-34-21-8-7-14(13-22(21)35-2)15-11-19-24(20(32)12-15)23(25-26(29-19)30-31-27(25)33)17-9-10-28-18-6-4-3-5-16(17)18/h3-10,13,15,23H,11-12H2,1-2H3,(H3,29,30,31,33)/t15-,23+/m0/s1. The number of aromatic amines is 2. The number of carbonyl (C=O) groups excluding carboxylic acids is 1. The van der Waals surface area contributed by atoms with E-state index in [0.717, 1.165) is 27.7 Å². The van der Waals surface area contributed by atoms with Crippen LogP contribution < -0.4 is 20.3 Å². The third kappa shape index (κ3) is 3.32. The highest BCUT2D eigenvalue weighted by atomic mass is 16.5. The van der Waals surface area contributed by atoms with Gasteiger partial charge in [-0.25, -0.2) is 0 Å². The summed E-state index contributed by atoms with van der Waals surface area (Å²) in [5.41, 5.74) is 4.49. The molecule has 8 nitrogen and oxygen atoms in total. The predicted octanol–water partition coefficient (Wildman–Crippen LogP) is 4.23. The molecule has 2 aromatic carbocycles. The number of Topliss-reactive ketones (excluding diaryl/α,β-unsaturated/α-hetero) is 1. The molecule has 0 saturated carbocycles. The molecule has 3 heterocycles. The topological polar surface area (TPSA) is 109 Å². The van der Waals surface area contributed by atoms with Crippen molar-refractivity contribution >= 4 is 22.5 Å². The number of para-hydroxylation sites is 1. The Balaban J connectivity index is 1.49. The van der Waals surface area contributed by atoms with Gasteiger partial charge in [-0.15, -0.1) is 0 Å². The summed E-state index contributed by atoms with van der Waals surface area (Å²) in [5.74, 6) is 1.38. The Kier molecular flexibility index (Phi) is 4.95. The monoisotopic (exact) mass is 468 g/mol. The maximum Gasteiger partial charge on any atom is 0.270 e. The Bertz CT molecular complexity index is 1560. The minimum Gasteiger partial charge on any atom is -0.493 e. The van der Waals surface area contributed by atoms with E-state index in [4.69, 9.17) is 9.47 Å². The summed E-state index contributed by atoms with van der Waals surface area (Å²) in [4.78, 5) is 31.1. The molecule has 3 N–H and O–H groups in total. The van der Waals surface area contributed by atoms with Crippen molar-refractivity contribution in [2.75, 3.05) is 19.5 Å². The highest BCUT2D eigenvalue weighted by Crippen LogP contribution is 2.48. The number of nitrogens with zero attached hydrogens (tertiary/aromatic N) is 1. The lowest BCUT2D eigenvalue weighted by molar-refractivity contribution is -0.116. The van der Waals surface area contributed by atoms with E-state index in [-0.39, 0.29) is 17.3 Å². The predicted molar refractivity (Wildman–Crippen MR) is 132 cm³/mol. The third-order valence-electron chi connectivity index (χ3n) is 7.05. The first kappa shape index (κ1) is 21.2. The highest BCUT2D eigenvalue weighted by Gasteiger charge is 2.41. The molecule has 0 fully saturated rings. The zero-order valence-corrected chi connectivity index (χ0v) is 19.3. The van der Waals surface area contributed by atoms with Crippen LogP contribution in [0.3, 0.4) is 0 Å². The van der Waals surface area contributed by atoms with Gasteiger partial charge in [0.05, 0.1) is 25.3 Å². The van der Waals surface area contributed by atoms with Crippen LogP contribution in [0.1, 0.15) is 41.4 Å². The number of rotatable bonds is 4. The number of H-pyrrole nitrogens is 2. The van der Waals surface area contributed by atoms with E-state index >= 15 is 0 Å². The number of methoxy groups -OCH3 is 2. The van der Waals surface area contributed by atoms with Crippen LogP contribution in [0.5, 0.6) is 11.5 Å². The Morgan fingerprint density at radius 2 is 1.77 bits per heavy atom. The first-order valence-electron chi connectivity index (χ1n) is 11.5. The fraction of sp³-hybridized carbons (Fsp3) is 0.222. The number of hydrogen-bond acceptors (Lipinski definition) is 6. The van der Waals surface area contributed by atoms with Crippen LogP contribution in [-0.4, -0.2) is 35.2 Å². The average Bonchev–Trinajstić information content (AvgIpc) is 3.26. The smallest absolute Gasteiger partial charge is 0.270 e. The lowest BCUT2D eigenvalue weighted by atomic mass is 9.72. The minimum atomic E-state index is -0.483. The molecule has 1 aliphatic carbocycles. The van der Waals surface area contributed by atoms with Crippen LogP contribution in [0.2, 0.25) is 0 Å². The molecule has 2 atom stereocenters. The van der Waals surface area contributed by atoms with Crippen molar-refractivity contribution < 1.29 is 14.3 Å². The highest BCUT2D eigenvalue weighted by molar-refractivity contribution is 6.02. The molecule has 0 amide bonds. The number of aromatic nitrogens is 3. The number of hydrogen-bond donors (Lipinski definition) is 3. The number of ether oxygens (including phenoxy) is 2. The van der Waals surface area contributed by atoms with Crippen LogP contribution in [0.4, 0.5) is 5.82 Å². The van der Waals surface area contributed by atoms with Crippen LogP contribution >= 0.6 is 0 Å². The molecule has 176 valence electrons. The molecule has 8 heteroatoms. The Hall–Kier alpha value is -4.33. The lowest BCUT2D eigenvalue weighted by Gasteiger charge is -2.35. The van der Waals surface area contributed by atoms with Crippen molar-refractivity contribution in [1.29, 1.82) is 0 Å². The molecule has 0 bridgehead atoms. The number of carbonyl (C=O) groups is 1. The molecule has 6 rings (SSSR count). The van der Waals surface area contributed by atoms with Gasteiger partial charge in [-0.05, 0) is 47.7 Å². The molecule has 1 aliphatic heterocycles. The molecule has 0 spiro atoms. The zero-order chi connectivity index (χ0) is 24.1. The van der Waals surface area contributed by atoms with Gasteiger partial charge in [0.2, 0.25) is 0 Å². The molecular formula is C27H24N4O4. The van der Waals surface area contributed by atoms with E-state index < -0.39 is 5.92 Å². The van der Waals surface area contributed by atoms with E-state index in [1.807, 2.05) is 48.5 Å². The molecular weight excluding hydrogens is 444 g/mol. The normalized spacial score (nSPS) is 19.2. The molecule has 35 heavy (non-hydrogen) atoms. The van der Waals surface area contributed by atoms with Gasteiger partial charge in [0.1, 0.15) is 5.82 Å². The van der Waals surface area contributed by atoms with Crippen molar-refractivity contribution in [2.24, 2.45) is 0 Å². The molecule has 0 unspecified atom stereocenters. The van der Waals surface area contributed by atoms with Gasteiger partial charge < -0.3 is 14.8 Å². The fourth-order valence-corrected chi connectivity index (χ4v) is 5.44. The van der Waals surface area contributed by atoms with Gasteiger partial charge in [-0.2, -0.15) is 0 Å². The summed E-state index contributed by atoms with van der Waals surface area (Å²) in [6, 6.07) is 15.5. The van der Waals surface area contributed by atoms with Crippen molar-refractivity contribution in [1.82, 2.24) is 15.2 Å². The minimum absolute atomic E-state index is 0.0238. The van der Waals surface area contributed by atoms with Gasteiger partial charge >= 0.3 is 0 Å². The number of benzene rings is 2. The van der Waals surface area contributed by atoms with Crippen LogP contribution in [0.15, 0.2) is 70.8 Å². The lowest BCUT2D eigenvalue weighted by Crippen LogP contribution is -2.31. The Morgan fingerprint density at radius 1 is 0.943 bits per heavy atom. The summed E-state index contributed by atoms with van der Waals surface area (Å²) in [6.07, 6.45) is 2.70. The maximum absolute atomic E-state index is 13.8. The maximum atomic E-state index is 13.8. The zero-order valence-electron chi connectivity index (χ0n) is 19.3. The van der Waals surface area contributed by atoms with Gasteiger partial charge in [0.15, 0.2) is 17.3 Å². The molecule has 0 saturated heterocycles.